The molecule has 1 saturated heterocycles. The largest absolute Gasteiger partial charge is 0.368 e. The average Bonchev–Trinajstić information content (AvgIpc) is 3.24. The standard InChI is InChI=1S/C30H28N4O/c1-23-8-7-9-24(18-23)21-34-22-26(28-12-5-6-13-29(28)34)19-25(20-31)30(35)33-16-14-32(15-17-33)27-10-3-2-4-11-27/h2-13,18-19,22H,14-17,21H2,1H3/b25-19-. The quantitative estimate of drug-likeness (QED) is 0.302. The van der Waals surface area contributed by atoms with Gasteiger partial charge in [-0.3, -0.25) is 4.79 Å². The van der Waals surface area contributed by atoms with E-state index in [2.05, 4.69) is 64.9 Å². The summed E-state index contributed by atoms with van der Waals surface area (Å²) in [6.07, 6.45) is 3.80. The van der Waals surface area contributed by atoms with Gasteiger partial charge in [-0.15, -0.1) is 0 Å². The van der Waals surface area contributed by atoms with Gasteiger partial charge in [-0.05, 0) is 36.8 Å². The Labute approximate surface area is 206 Å². The van der Waals surface area contributed by atoms with Gasteiger partial charge >= 0.3 is 0 Å². The highest BCUT2D eigenvalue weighted by molar-refractivity contribution is 6.04. The van der Waals surface area contributed by atoms with Gasteiger partial charge in [0, 0.05) is 61.1 Å². The van der Waals surface area contributed by atoms with Crippen molar-refractivity contribution in [1.29, 1.82) is 5.26 Å². The molecule has 1 fully saturated rings. The number of amides is 1. The molecule has 5 rings (SSSR count). The molecule has 1 aromatic heterocycles. The number of para-hydroxylation sites is 2. The molecule has 0 aliphatic carbocycles. The Hall–Kier alpha value is -4.30. The number of hydrogen-bond donors (Lipinski definition) is 0. The van der Waals surface area contributed by atoms with Crippen molar-refractivity contribution in [3.8, 4) is 6.07 Å². The molecule has 0 saturated carbocycles. The van der Waals surface area contributed by atoms with Gasteiger partial charge in [-0.2, -0.15) is 5.26 Å². The lowest BCUT2D eigenvalue weighted by Gasteiger charge is -2.36. The molecule has 0 bridgehead atoms. The fourth-order valence-electron chi connectivity index (χ4n) is 4.80. The molecule has 1 aliphatic heterocycles. The second-order valence-corrected chi connectivity index (χ2v) is 9.00. The summed E-state index contributed by atoms with van der Waals surface area (Å²) in [6.45, 7) is 5.53. The molecule has 0 N–H and O–H groups in total. The lowest BCUT2D eigenvalue weighted by molar-refractivity contribution is -0.126. The summed E-state index contributed by atoms with van der Waals surface area (Å²) < 4.78 is 2.19. The highest BCUT2D eigenvalue weighted by atomic mass is 16.2. The maximum absolute atomic E-state index is 13.3. The smallest absolute Gasteiger partial charge is 0.264 e. The van der Waals surface area contributed by atoms with Crippen molar-refractivity contribution < 1.29 is 4.79 Å². The molecule has 3 aromatic carbocycles. The average molecular weight is 461 g/mol. The van der Waals surface area contributed by atoms with Gasteiger partial charge in [0.15, 0.2) is 0 Å². The van der Waals surface area contributed by atoms with Gasteiger partial charge in [0.1, 0.15) is 11.6 Å². The molecule has 0 radical (unpaired) electrons. The zero-order valence-electron chi connectivity index (χ0n) is 19.9. The van der Waals surface area contributed by atoms with Crippen LogP contribution in [0.1, 0.15) is 16.7 Å². The van der Waals surface area contributed by atoms with Crippen LogP contribution >= 0.6 is 0 Å². The van der Waals surface area contributed by atoms with Crippen LogP contribution in [0.3, 0.4) is 0 Å². The summed E-state index contributed by atoms with van der Waals surface area (Å²) in [6, 6.07) is 29.0. The predicted molar refractivity (Wildman–Crippen MR) is 141 cm³/mol. The maximum atomic E-state index is 13.3. The van der Waals surface area contributed by atoms with E-state index >= 15 is 0 Å². The van der Waals surface area contributed by atoms with E-state index in [0.717, 1.165) is 41.8 Å². The van der Waals surface area contributed by atoms with Crippen molar-refractivity contribution in [3.05, 3.63) is 107 Å². The second kappa shape index (κ2) is 9.90. The first-order valence-electron chi connectivity index (χ1n) is 12.0. The molecule has 0 unspecified atom stereocenters. The van der Waals surface area contributed by atoms with Crippen molar-refractivity contribution in [1.82, 2.24) is 9.47 Å². The summed E-state index contributed by atoms with van der Waals surface area (Å²) >= 11 is 0. The van der Waals surface area contributed by atoms with Crippen molar-refractivity contribution >= 4 is 28.6 Å². The van der Waals surface area contributed by atoms with Crippen LogP contribution in [-0.4, -0.2) is 41.6 Å². The number of carbonyl (C=O) groups excluding carboxylic acids is 1. The molecule has 35 heavy (non-hydrogen) atoms. The fourth-order valence-corrected chi connectivity index (χ4v) is 4.80. The summed E-state index contributed by atoms with van der Waals surface area (Å²) in [4.78, 5) is 17.3. The Morgan fingerprint density at radius 2 is 1.69 bits per heavy atom. The van der Waals surface area contributed by atoms with E-state index in [-0.39, 0.29) is 11.5 Å². The highest BCUT2D eigenvalue weighted by Gasteiger charge is 2.24. The molecule has 5 nitrogen and oxygen atoms in total. The SMILES string of the molecule is Cc1cccc(Cn2cc(/C=C(/C#N)C(=O)N3CCN(c4ccccc4)CC3)c3ccccc32)c1. The maximum Gasteiger partial charge on any atom is 0.264 e. The zero-order valence-corrected chi connectivity index (χ0v) is 19.9. The first-order chi connectivity index (χ1) is 17.1. The number of aryl methyl sites for hydroxylation is 1. The lowest BCUT2D eigenvalue weighted by Crippen LogP contribution is -2.49. The number of rotatable bonds is 5. The minimum atomic E-state index is -0.198. The van der Waals surface area contributed by atoms with Crippen LogP contribution in [0, 0.1) is 18.3 Å². The molecule has 0 atom stereocenters. The minimum absolute atomic E-state index is 0.177. The highest BCUT2D eigenvalue weighted by Crippen LogP contribution is 2.25. The lowest BCUT2D eigenvalue weighted by atomic mass is 10.1. The van der Waals surface area contributed by atoms with E-state index in [4.69, 9.17) is 0 Å². The van der Waals surface area contributed by atoms with Crippen LogP contribution in [0.2, 0.25) is 0 Å². The molecule has 1 aliphatic rings. The second-order valence-electron chi connectivity index (χ2n) is 9.00. The van der Waals surface area contributed by atoms with Crippen LogP contribution < -0.4 is 4.90 Å². The molecule has 0 spiro atoms. The summed E-state index contributed by atoms with van der Waals surface area (Å²) in [7, 11) is 0. The van der Waals surface area contributed by atoms with Crippen LogP contribution in [0.15, 0.2) is 90.6 Å². The van der Waals surface area contributed by atoms with Crippen molar-refractivity contribution in [2.24, 2.45) is 0 Å². The van der Waals surface area contributed by atoms with E-state index in [0.29, 0.717) is 13.1 Å². The van der Waals surface area contributed by atoms with E-state index in [1.54, 1.807) is 11.0 Å². The third kappa shape index (κ3) is 4.83. The van der Waals surface area contributed by atoms with E-state index in [1.807, 2.05) is 42.6 Å². The summed E-state index contributed by atoms with van der Waals surface area (Å²) in [5, 5.41) is 10.9. The Morgan fingerprint density at radius 3 is 2.43 bits per heavy atom. The first-order valence-corrected chi connectivity index (χ1v) is 12.0. The molecule has 2 heterocycles. The third-order valence-electron chi connectivity index (χ3n) is 6.59. The Morgan fingerprint density at radius 1 is 0.943 bits per heavy atom. The van der Waals surface area contributed by atoms with Crippen LogP contribution in [0.5, 0.6) is 0 Å². The third-order valence-corrected chi connectivity index (χ3v) is 6.59. The van der Waals surface area contributed by atoms with E-state index < -0.39 is 0 Å². The van der Waals surface area contributed by atoms with Gasteiger partial charge in [-0.25, -0.2) is 0 Å². The monoisotopic (exact) mass is 460 g/mol. The van der Waals surface area contributed by atoms with Gasteiger partial charge in [0.25, 0.3) is 5.91 Å². The van der Waals surface area contributed by atoms with Crippen molar-refractivity contribution in [2.75, 3.05) is 31.1 Å². The number of aromatic nitrogens is 1. The number of piperazine rings is 1. The van der Waals surface area contributed by atoms with Crippen LogP contribution in [0.25, 0.3) is 17.0 Å². The Balaban J connectivity index is 1.38. The van der Waals surface area contributed by atoms with Crippen LogP contribution in [-0.2, 0) is 11.3 Å². The Kier molecular flexibility index (Phi) is 6.36. The van der Waals surface area contributed by atoms with E-state index in [1.165, 1.54) is 11.1 Å². The van der Waals surface area contributed by atoms with Gasteiger partial charge in [0.05, 0.1) is 0 Å². The molecular formula is C30H28N4O. The molecule has 4 aromatic rings. The number of carbonyl (C=O) groups is 1. The molecule has 1 amide bonds. The number of benzene rings is 3. The van der Waals surface area contributed by atoms with Gasteiger partial charge in [0.2, 0.25) is 0 Å². The van der Waals surface area contributed by atoms with Gasteiger partial charge < -0.3 is 14.4 Å². The number of fused-ring (bicyclic) bond motifs is 1. The normalized spacial score (nSPS) is 14.2. The fraction of sp³-hybridized carbons (Fsp3) is 0.200. The van der Waals surface area contributed by atoms with E-state index in [9.17, 15) is 10.1 Å². The van der Waals surface area contributed by atoms with Crippen molar-refractivity contribution in [3.63, 3.8) is 0 Å². The number of nitrogens with zero attached hydrogens (tertiary/aromatic N) is 4. The summed E-state index contributed by atoms with van der Waals surface area (Å²) in [5.41, 5.74) is 5.76. The first kappa shape index (κ1) is 22.5. The zero-order chi connectivity index (χ0) is 24.2. The number of anilines is 1. The Bertz CT molecular complexity index is 1420. The topological polar surface area (TPSA) is 52.3 Å². The molecule has 174 valence electrons. The predicted octanol–water partition coefficient (Wildman–Crippen LogP) is 5.25. The van der Waals surface area contributed by atoms with Crippen molar-refractivity contribution in [2.45, 2.75) is 13.5 Å². The number of hydrogen-bond acceptors (Lipinski definition) is 3. The van der Waals surface area contributed by atoms with Gasteiger partial charge in [-0.1, -0.05) is 66.2 Å². The minimum Gasteiger partial charge on any atom is -0.368 e. The molecular weight excluding hydrogens is 432 g/mol. The molecule has 5 heteroatoms. The van der Waals surface area contributed by atoms with Crippen LogP contribution in [0.4, 0.5) is 5.69 Å². The number of nitriles is 1. The summed E-state index contributed by atoms with van der Waals surface area (Å²) in [5.74, 6) is -0.198.